The van der Waals surface area contributed by atoms with Gasteiger partial charge in [-0.15, -0.1) is 0 Å². The van der Waals surface area contributed by atoms with Crippen molar-refractivity contribution in [3.8, 4) is 0 Å². The van der Waals surface area contributed by atoms with Gasteiger partial charge in [-0.3, -0.25) is 0 Å². The first-order chi connectivity index (χ1) is 5.81. The van der Waals surface area contributed by atoms with Crippen LogP contribution in [0.4, 0.5) is 0 Å². The topological polar surface area (TPSA) is 12.5 Å². The van der Waals surface area contributed by atoms with Gasteiger partial charge in [0.15, 0.2) is 0 Å². The van der Waals surface area contributed by atoms with E-state index >= 15 is 0 Å². The van der Waals surface area contributed by atoms with Gasteiger partial charge in [0.25, 0.3) is 0 Å². The molecule has 0 aromatic heterocycles. The summed E-state index contributed by atoms with van der Waals surface area (Å²) in [6.45, 7) is 11.0. The van der Waals surface area contributed by atoms with Crippen LogP contribution in [-0.4, -0.2) is 36.2 Å². The third-order valence-electron chi connectivity index (χ3n) is 2.60. The first kappa shape index (κ1) is 11.0. The summed E-state index contributed by atoms with van der Waals surface area (Å²) < 4.78 is 6.09. The molecule has 0 aromatic rings. The number of hydrogen-bond acceptors (Lipinski definition) is 2. The molecule has 13 heavy (non-hydrogen) atoms. The monoisotopic (exact) mass is 185 g/mol. The Balaban J connectivity index is 2.48. The van der Waals surface area contributed by atoms with Crippen LogP contribution in [-0.2, 0) is 4.74 Å². The summed E-state index contributed by atoms with van der Waals surface area (Å²) in [6, 6.07) is 0. The van der Waals surface area contributed by atoms with Gasteiger partial charge >= 0.3 is 0 Å². The summed E-state index contributed by atoms with van der Waals surface area (Å²) in [4.78, 5) is 2.37. The van der Waals surface area contributed by atoms with Crippen LogP contribution >= 0.6 is 0 Å². The van der Waals surface area contributed by atoms with Gasteiger partial charge < -0.3 is 9.64 Å². The Morgan fingerprint density at radius 1 is 1.15 bits per heavy atom. The van der Waals surface area contributed by atoms with Gasteiger partial charge in [0.05, 0.1) is 11.2 Å². The molecule has 1 saturated heterocycles. The molecule has 1 heterocycles. The predicted octanol–water partition coefficient (Wildman–Crippen LogP) is 2.29. The number of nitrogens with zero attached hydrogens (tertiary/aromatic N) is 1. The van der Waals surface area contributed by atoms with Gasteiger partial charge in [-0.25, -0.2) is 0 Å². The molecule has 1 rings (SSSR count). The molecule has 0 atom stereocenters. The Bertz CT molecular complexity index is 163. The molecule has 0 spiro atoms. The smallest absolute Gasteiger partial charge is 0.0686 e. The fourth-order valence-corrected chi connectivity index (χ4v) is 1.93. The number of ether oxygens (including phenoxy) is 1. The lowest BCUT2D eigenvalue weighted by molar-refractivity contribution is -0.143. The molecule has 0 aromatic carbocycles. The quantitative estimate of drug-likeness (QED) is 0.621. The molecular weight excluding hydrogens is 162 g/mol. The SMILES string of the molecule is CN1CCC(C)(OC(C)(C)C)CC1. The number of piperidine rings is 1. The fraction of sp³-hybridized carbons (Fsp3) is 1.00. The highest BCUT2D eigenvalue weighted by molar-refractivity contribution is 4.84. The highest BCUT2D eigenvalue weighted by atomic mass is 16.5. The van der Waals surface area contributed by atoms with Crippen LogP contribution in [0.3, 0.4) is 0 Å². The largest absolute Gasteiger partial charge is 0.370 e. The summed E-state index contributed by atoms with van der Waals surface area (Å²) in [5.74, 6) is 0. The molecule has 78 valence electrons. The Kier molecular flexibility index (Phi) is 3.03. The number of likely N-dealkylation sites (tertiary alicyclic amines) is 1. The molecule has 0 aliphatic carbocycles. The van der Waals surface area contributed by atoms with E-state index < -0.39 is 0 Å². The molecular formula is C11H23NO. The second kappa shape index (κ2) is 3.58. The van der Waals surface area contributed by atoms with E-state index in [4.69, 9.17) is 4.74 Å². The lowest BCUT2D eigenvalue weighted by atomic mass is 9.92. The highest BCUT2D eigenvalue weighted by Gasteiger charge is 2.33. The van der Waals surface area contributed by atoms with Crippen molar-refractivity contribution in [2.45, 2.75) is 51.7 Å². The molecule has 0 saturated carbocycles. The zero-order valence-electron chi connectivity index (χ0n) is 9.68. The van der Waals surface area contributed by atoms with Gasteiger partial charge in [-0.2, -0.15) is 0 Å². The van der Waals surface area contributed by atoms with Crippen LogP contribution in [0.2, 0.25) is 0 Å². The maximum atomic E-state index is 6.09. The maximum Gasteiger partial charge on any atom is 0.0686 e. The van der Waals surface area contributed by atoms with Crippen molar-refractivity contribution in [2.24, 2.45) is 0 Å². The lowest BCUT2D eigenvalue weighted by Crippen LogP contribution is -2.46. The van der Waals surface area contributed by atoms with Crippen molar-refractivity contribution in [2.75, 3.05) is 20.1 Å². The average Bonchev–Trinajstić information content (AvgIpc) is 1.92. The van der Waals surface area contributed by atoms with Gasteiger partial charge in [-0.1, -0.05) is 0 Å². The normalized spacial score (nSPS) is 24.7. The molecule has 0 radical (unpaired) electrons. The first-order valence-electron chi connectivity index (χ1n) is 5.20. The summed E-state index contributed by atoms with van der Waals surface area (Å²) in [6.07, 6.45) is 2.31. The summed E-state index contributed by atoms with van der Waals surface area (Å²) in [5, 5.41) is 0. The molecule has 0 unspecified atom stereocenters. The van der Waals surface area contributed by atoms with Crippen molar-refractivity contribution < 1.29 is 4.74 Å². The Morgan fingerprint density at radius 2 is 1.62 bits per heavy atom. The Labute approximate surface area is 82.3 Å². The first-order valence-corrected chi connectivity index (χ1v) is 5.20. The van der Waals surface area contributed by atoms with E-state index in [9.17, 15) is 0 Å². The minimum atomic E-state index is -0.00926. The highest BCUT2D eigenvalue weighted by Crippen LogP contribution is 2.29. The molecule has 0 N–H and O–H groups in total. The summed E-state index contributed by atoms with van der Waals surface area (Å²) in [5.41, 5.74) is 0.0927. The van der Waals surface area contributed by atoms with Crippen LogP contribution in [0, 0.1) is 0 Å². The van der Waals surface area contributed by atoms with Crippen molar-refractivity contribution in [3.05, 3.63) is 0 Å². The number of hydrogen-bond donors (Lipinski definition) is 0. The average molecular weight is 185 g/mol. The van der Waals surface area contributed by atoms with Crippen LogP contribution in [0.15, 0.2) is 0 Å². The summed E-state index contributed by atoms with van der Waals surface area (Å²) in [7, 11) is 2.18. The van der Waals surface area contributed by atoms with Crippen molar-refractivity contribution in [1.29, 1.82) is 0 Å². The Hall–Kier alpha value is -0.0800. The van der Waals surface area contributed by atoms with E-state index in [-0.39, 0.29) is 11.2 Å². The Morgan fingerprint density at radius 3 is 2.00 bits per heavy atom. The minimum Gasteiger partial charge on any atom is -0.370 e. The third-order valence-corrected chi connectivity index (χ3v) is 2.60. The maximum absolute atomic E-state index is 6.09. The van der Waals surface area contributed by atoms with Gasteiger partial charge in [-0.05, 0) is 47.6 Å². The third kappa shape index (κ3) is 3.65. The van der Waals surface area contributed by atoms with Gasteiger partial charge in [0.1, 0.15) is 0 Å². The molecule has 0 bridgehead atoms. The second-order valence-corrected chi connectivity index (χ2v) is 5.47. The van der Waals surface area contributed by atoms with E-state index in [1.54, 1.807) is 0 Å². The molecule has 1 aliphatic heterocycles. The second-order valence-electron chi connectivity index (χ2n) is 5.47. The zero-order chi connectivity index (χ0) is 10.1. The van der Waals surface area contributed by atoms with Crippen molar-refractivity contribution in [3.63, 3.8) is 0 Å². The van der Waals surface area contributed by atoms with Crippen LogP contribution in [0.1, 0.15) is 40.5 Å². The van der Waals surface area contributed by atoms with E-state index in [0.717, 1.165) is 25.9 Å². The predicted molar refractivity (Wildman–Crippen MR) is 56.0 cm³/mol. The van der Waals surface area contributed by atoms with Crippen LogP contribution in [0.5, 0.6) is 0 Å². The summed E-state index contributed by atoms with van der Waals surface area (Å²) >= 11 is 0. The van der Waals surface area contributed by atoms with Crippen LogP contribution < -0.4 is 0 Å². The molecule has 0 amide bonds. The van der Waals surface area contributed by atoms with Gasteiger partial charge in [0.2, 0.25) is 0 Å². The van der Waals surface area contributed by atoms with E-state index in [1.807, 2.05) is 0 Å². The lowest BCUT2D eigenvalue weighted by Gasteiger charge is -2.42. The minimum absolute atomic E-state index is 0.00926. The van der Waals surface area contributed by atoms with Crippen LogP contribution in [0.25, 0.3) is 0 Å². The molecule has 2 heteroatoms. The van der Waals surface area contributed by atoms with Gasteiger partial charge in [0, 0.05) is 13.1 Å². The molecule has 1 fully saturated rings. The fourth-order valence-electron chi connectivity index (χ4n) is 1.93. The van der Waals surface area contributed by atoms with E-state index in [1.165, 1.54) is 0 Å². The van der Waals surface area contributed by atoms with E-state index in [2.05, 4.69) is 39.6 Å². The molecule has 1 aliphatic rings. The standard InChI is InChI=1S/C11H23NO/c1-10(2,3)13-11(4)6-8-12(5)9-7-11/h6-9H2,1-5H3. The van der Waals surface area contributed by atoms with Crippen molar-refractivity contribution >= 4 is 0 Å². The molecule has 2 nitrogen and oxygen atoms in total. The number of rotatable bonds is 1. The van der Waals surface area contributed by atoms with Crippen molar-refractivity contribution in [1.82, 2.24) is 4.90 Å². The van der Waals surface area contributed by atoms with E-state index in [0.29, 0.717) is 0 Å². The zero-order valence-corrected chi connectivity index (χ0v) is 9.68.